The van der Waals surface area contributed by atoms with E-state index in [1.165, 1.54) is 4.90 Å². The van der Waals surface area contributed by atoms with Crippen LogP contribution in [0.15, 0.2) is 53.3 Å². The SMILES string of the molecule is CN(CC(=O)Nc1ccc(N2CCOCC2)cc1)C(=O)CCc1nc(-c2cccnc2)no1. The standard InChI is InChI=1S/C23H26N6O4/c1-28(22(31)9-8-21-26-23(27-33-21)17-3-2-10-24-15-17)16-20(30)25-18-4-6-19(7-5-18)29-11-13-32-14-12-29/h2-7,10,15H,8-9,11-14,16H2,1H3,(H,25,30). The molecule has 1 aliphatic rings. The maximum absolute atomic E-state index is 12.4. The van der Waals surface area contributed by atoms with Crippen molar-refractivity contribution in [3.63, 3.8) is 0 Å². The fraction of sp³-hybridized carbons (Fsp3) is 0.348. The summed E-state index contributed by atoms with van der Waals surface area (Å²) in [6.07, 6.45) is 3.76. The maximum Gasteiger partial charge on any atom is 0.243 e. The lowest BCUT2D eigenvalue weighted by Crippen LogP contribution is -2.36. The number of nitrogens with one attached hydrogen (secondary N) is 1. The van der Waals surface area contributed by atoms with Crippen LogP contribution < -0.4 is 10.2 Å². The van der Waals surface area contributed by atoms with E-state index in [4.69, 9.17) is 9.26 Å². The lowest BCUT2D eigenvalue weighted by molar-refractivity contribution is -0.133. The number of carbonyl (C=O) groups is 2. The summed E-state index contributed by atoms with van der Waals surface area (Å²) in [6.45, 7) is 3.10. The smallest absolute Gasteiger partial charge is 0.243 e. The minimum atomic E-state index is -0.262. The summed E-state index contributed by atoms with van der Waals surface area (Å²) in [5, 5.41) is 6.75. The third-order valence-electron chi connectivity index (χ3n) is 5.27. The molecule has 10 nitrogen and oxygen atoms in total. The number of aryl methyl sites for hydroxylation is 1. The largest absolute Gasteiger partial charge is 0.378 e. The first kappa shape index (κ1) is 22.4. The summed E-state index contributed by atoms with van der Waals surface area (Å²) in [7, 11) is 1.60. The normalized spacial score (nSPS) is 13.5. The van der Waals surface area contributed by atoms with E-state index in [0.717, 1.165) is 37.6 Å². The van der Waals surface area contributed by atoms with E-state index in [2.05, 4.69) is 25.3 Å². The van der Waals surface area contributed by atoms with Gasteiger partial charge in [-0.3, -0.25) is 14.6 Å². The van der Waals surface area contributed by atoms with E-state index in [0.29, 0.717) is 23.8 Å². The molecule has 10 heteroatoms. The molecule has 0 unspecified atom stereocenters. The molecule has 0 atom stereocenters. The van der Waals surface area contributed by atoms with Crippen LogP contribution in [0.3, 0.4) is 0 Å². The lowest BCUT2D eigenvalue weighted by atomic mass is 10.2. The number of hydrogen-bond acceptors (Lipinski definition) is 8. The number of amides is 2. The number of pyridine rings is 1. The van der Waals surface area contributed by atoms with Crippen LogP contribution in [0.2, 0.25) is 0 Å². The van der Waals surface area contributed by atoms with Crippen LogP contribution >= 0.6 is 0 Å². The van der Waals surface area contributed by atoms with Crippen molar-refractivity contribution in [3.8, 4) is 11.4 Å². The molecule has 0 aliphatic carbocycles. The summed E-state index contributed by atoms with van der Waals surface area (Å²) >= 11 is 0. The van der Waals surface area contributed by atoms with Crippen LogP contribution in [-0.4, -0.2) is 71.7 Å². The molecular weight excluding hydrogens is 424 g/mol. The fourth-order valence-corrected chi connectivity index (χ4v) is 3.45. The number of hydrogen-bond donors (Lipinski definition) is 1. The van der Waals surface area contributed by atoms with Gasteiger partial charge in [-0.15, -0.1) is 0 Å². The molecular formula is C23H26N6O4. The van der Waals surface area contributed by atoms with Crippen molar-refractivity contribution in [2.45, 2.75) is 12.8 Å². The van der Waals surface area contributed by atoms with Gasteiger partial charge < -0.3 is 24.4 Å². The monoisotopic (exact) mass is 450 g/mol. The quantitative estimate of drug-likeness (QED) is 0.554. The Morgan fingerprint density at radius 1 is 1.15 bits per heavy atom. The van der Waals surface area contributed by atoms with E-state index in [1.54, 1.807) is 25.5 Å². The third kappa shape index (κ3) is 6.13. The fourth-order valence-electron chi connectivity index (χ4n) is 3.45. The molecule has 1 fully saturated rings. The zero-order chi connectivity index (χ0) is 23.0. The Hall–Kier alpha value is -3.79. The Labute approximate surface area is 191 Å². The number of aromatic nitrogens is 3. The highest BCUT2D eigenvalue weighted by Gasteiger charge is 2.16. The van der Waals surface area contributed by atoms with Crippen LogP contribution in [0.4, 0.5) is 11.4 Å². The van der Waals surface area contributed by atoms with Gasteiger partial charge in [0, 0.05) is 62.3 Å². The number of morpholine rings is 1. The molecule has 1 aromatic carbocycles. The van der Waals surface area contributed by atoms with Gasteiger partial charge in [-0.25, -0.2) is 0 Å². The van der Waals surface area contributed by atoms with Gasteiger partial charge in [-0.1, -0.05) is 5.16 Å². The van der Waals surface area contributed by atoms with Gasteiger partial charge in [-0.2, -0.15) is 4.98 Å². The summed E-state index contributed by atoms with van der Waals surface area (Å²) in [5.74, 6) is 0.342. The van der Waals surface area contributed by atoms with Crippen LogP contribution in [-0.2, 0) is 20.7 Å². The van der Waals surface area contributed by atoms with E-state index in [1.807, 2.05) is 30.3 Å². The van der Waals surface area contributed by atoms with Crippen LogP contribution in [0.25, 0.3) is 11.4 Å². The molecule has 4 rings (SSSR count). The van der Waals surface area contributed by atoms with Crippen molar-refractivity contribution in [2.24, 2.45) is 0 Å². The second-order valence-corrected chi connectivity index (χ2v) is 7.70. The maximum atomic E-state index is 12.4. The second-order valence-electron chi connectivity index (χ2n) is 7.70. The van der Waals surface area contributed by atoms with Gasteiger partial charge in [0.25, 0.3) is 0 Å². The number of ether oxygens (including phenoxy) is 1. The molecule has 172 valence electrons. The van der Waals surface area contributed by atoms with E-state index in [-0.39, 0.29) is 24.8 Å². The summed E-state index contributed by atoms with van der Waals surface area (Å²) in [6, 6.07) is 11.3. The highest BCUT2D eigenvalue weighted by molar-refractivity contribution is 5.94. The molecule has 3 heterocycles. The minimum absolute atomic E-state index is 0.0468. The predicted molar refractivity (Wildman–Crippen MR) is 122 cm³/mol. The van der Waals surface area contributed by atoms with E-state index in [9.17, 15) is 9.59 Å². The van der Waals surface area contributed by atoms with Crippen LogP contribution in [0, 0.1) is 0 Å². The topological polar surface area (TPSA) is 114 Å². The molecule has 33 heavy (non-hydrogen) atoms. The zero-order valence-electron chi connectivity index (χ0n) is 18.4. The van der Waals surface area contributed by atoms with Crippen molar-refractivity contribution in [1.29, 1.82) is 0 Å². The van der Waals surface area contributed by atoms with Crippen LogP contribution in [0.1, 0.15) is 12.3 Å². The van der Waals surface area contributed by atoms with Gasteiger partial charge >= 0.3 is 0 Å². The molecule has 1 saturated heterocycles. The summed E-state index contributed by atoms with van der Waals surface area (Å²) in [4.78, 5) is 36.7. The predicted octanol–water partition coefficient (Wildman–Crippen LogP) is 2.00. The number of anilines is 2. The zero-order valence-corrected chi connectivity index (χ0v) is 18.4. The second kappa shape index (κ2) is 10.7. The summed E-state index contributed by atoms with van der Waals surface area (Å²) < 4.78 is 10.6. The number of likely N-dealkylation sites (N-methyl/N-ethyl adjacent to an activating group) is 1. The number of nitrogens with zero attached hydrogens (tertiary/aromatic N) is 5. The Kier molecular flexibility index (Phi) is 7.26. The average Bonchev–Trinajstić information content (AvgIpc) is 3.33. The van der Waals surface area contributed by atoms with Gasteiger partial charge in [-0.05, 0) is 36.4 Å². The van der Waals surface area contributed by atoms with Crippen molar-refractivity contribution in [1.82, 2.24) is 20.0 Å². The Morgan fingerprint density at radius 3 is 2.67 bits per heavy atom. The Balaban J connectivity index is 1.22. The van der Waals surface area contributed by atoms with Gasteiger partial charge in [0.2, 0.25) is 23.5 Å². The molecule has 0 radical (unpaired) electrons. The summed E-state index contributed by atoms with van der Waals surface area (Å²) in [5.41, 5.74) is 2.52. The van der Waals surface area contributed by atoms with E-state index < -0.39 is 0 Å². The highest BCUT2D eigenvalue weighted by atomic mass is 16.5. The minimum Gasteiger partial charge on any atom is -0.378 e. The highest BCUT2D eigenvalue weighted by Crippen LogP contribution is 2.19. The van der Waals surface area contributed by atoms with Crippen molar-refractivity contribution < 1.29 is 18.8 Å². The first-order chi connectivity index (χ1) is 16.1. The molecule has 0 bridgehead atoms. The molecule has 1 aliphatic heterocycles. The average molecular weight is 450 g/mol. The molecule has 1 N–H and O–H groups in total. The number of benzene rings is 1. The molecule has 0 saturated carbocycles. The number of rotatable bonds is 8. The molecule has 3 aromatic rings. The van der Waals surface area contributed by atoms with Crippen molar-refractivity contribution >= 4 is 23.2 Å². The Morgan fingerprint density at radius 2 is 1.94 bits per heavy atom. The van der Waals surface area contributed by atoms with Gasteiger partial charge in [0.05, 0.1) is 19.8 Å². The Bertz CT molecular complexity index is 1060. The van der Waals surface area contributed by atoms with Crippen molar-refractivity contribution in [3.05, 3.63) is 54.7 Å². The first-order valence-corrected chi connectivity index (χ1v) is 10.8. The molecule has 2 amide bonds. The third-order valence-corrected chi connectivity index (χ3v) is 5.27. The van der Waals surface area contributed by atoms with Gasteiger partial charge in [0.1, 0.15) is 0 Å². The molecule has 2 aromatic heterocycles. The first-order valence-electron chi connectivity index (χ1n) is 10.8. The van der Waals surface area contributed by atoms with Crippen molar-refractivity contribution in [2.75, 3.05) is 50.1 Å². The van der Waals surface area contributed by atoms with E-state index >= 15 is 0 Å². The van der Waals surface area contributed by atoms with Crippen LogP contribution in [0.5, 0.6) is 0 Å². The lowest BCUT2D eigenvalue weighted by Gasteiger charge is -2.28. The molecule has 0 spiro atoms. The van der Waals surface area contributed by atoms with Gasteiger partial charge in [0.15, 0.2) is 0 Å². The number of carbonyl (C=O) groups excluding carboxylic acids is 2.